The average molecular weight is 289 g/mol. The van der Waals surface area contributed by atoms with Crippen molar-refractivity contribution in [3.8, 4) is 0 Å². The summed E-state index contributed by atoms with van der Waals surface area (Å²) in [6, 6.07) is 10.6. The number of fused-ring (bicyclic) bond motifs is 3. The predicted molar refractivity (Wildman–Crippen MR) is 89.4 cm³/mol. The van der Waals surface area contributed by atoms with E-state index in [1.807, 2.05) is 11.8 Å². The topological polar surface area (TPSA) is 12.0 Å². The van der Waals surface area contributed by atoms with Crippen molar-refractivity contribution in [2.24, 2.45) is 11.8 Å². The van der Waals surface area contributed by atoms with Gasteiger partial charge in [-0.2, -0.15) is 11.8 Å². The minimum Gasteiger partial charge on any atom is -0.310 e. The summed E-state index contributed by atoms with van der Waals surface area (Å²) in [5.74, 6) is 2.97. The number of rotatable bonds is 5. The van der Waals surface area contributed by atoms with Crippen LogP contribution in [0.2, 0.25) is 0 Å². The smallest absolute Gasteiger partial charge is 0.0158 e. The van der Waals surface area contributed by atoms with Crippen LogP contribution in [0.25, 0.3) is 0 Å². The Hall–Kier alpha value is -0.470. The minimum atomic E-state index is 0.694. The molecule has 1 N–H and O–H groups in total. The fourth-order valence-corrected chi connectivity index (χ4v) is 4.91. The van der Waals surface area contributed by atoms with Gasteiger partial charge in [-0.25, -0.2) is 0 Å². The van der Waals surface area contributed by atoms with E-state index in [-0.39, 0.29) is 0 Å². The molecule has 3 atom stereocenters. The molecule has 2 aliphatic carbocycles. The van der Waals surface area contributed by atoms with Crippen molar-refractivity contribution in [3.05, 3.63) is 35.4 Å². The first-order valence-corrected chi connectivity index (χ1v) is 9.53. The molecule has 0 radical (unpaired) electrons. The molecule has 0 amide bonds. The third kappa shape index (κ3) is 2.92. The largest absolute Gasteiger partial charge is 0.310 e. The molecule has 1 aromatic rings. The monoisotopic (exact) mass is 289 g/mol. The van der Waals surface area contributed by atoms with Gasteiger partial charge in [-0.3, -0.25) is 0 Å². The Morgan fingerprint density at radius 1 is 1.15 bits per heavy atom. The van der Waals surface area contributed by atoms with E-state index >= 15 is 0 Å². The zero-order valence-corrected chi connectivity index (χ0v) is 13.6. The molecule has 1 fully saturated rings. The van der Waals surface area contributed by atoms with Crippen molar-refractivity contribution in [2.45, 2.75) is 51.1 Å². The van der Waals surface area contributed by atoms with Crippen molar-refractivity contribution in [3.63, 3.8) is 0 Å². The van der Waals surface area contributed by atoms with Crippen molar-refractivity contribution < 1.29 is 0 Å². The van der Waals surface area contributed by atoms with E-state index in [1.54, 1.807) is 11.1 Å². The van der Waals surface area contributed by atoms with Crippen molar-refractivity contribution in [1.82, 2.24) is 5.32 Å². The molecule has 3 rings (SSSR count). The van der Waals surface area contributed by atoms with Gasteiger partial charge in [-0.05, 0) is 61.3 Å². The molecule has 0 heterocycles. The molecule has 0 saturated heterocycles. The van der Waals surface area contributed by atoms with Crippen LogP contribution in [-0.4, -0.2) is 24.1 Å². The Balaban J connectivity index is 1.75. The molecule has 3 unspecified atom stereocenters. The van der Waals surface area contributed by atoms with Gasteiger partial charge < -0.3 is 5.32 Å². The van der Waals surface area contributed by atoms with Crippen LogP contribution in [0.5, 0.6) is 0 Å². The van der Waals surface area contributed by atoms with E-state index < -0.39 is 0 Å². The third-order valence-corrected chi connectivity index (χ3v) is 6.03. The van der Waals surface area contributed by atoms with E-state index in [2.05, 4.69) is 42.8 Å². The predicted octanol–water partition coefficient (Wildman–Crippen LogP) is 3.91. The van der Waals surface area contributed by atoms with Gasteiger partial charge in [0.2, 0.25) is 0 Å². The zero-order valence-electron chi connectivity index (χ0n) is 12.8. The Bertz CT molecular complexity index is 412. The van der Waals surface area contributed by atoms with Crippen LogP contribution in [0.1, 0.15) is 37.3 Å². The Morgan fingerprint density at radius 2 is 1.75 bits per heavy atom. The summed E-state index contributed by atoms with van der Waals surface area (Å²) in [5, 5.41) is 4.02. The number of thioether (sulfide) groups is 1. The fourth-order valence-electron chi connectivity index (χ4n) is 4.18. The molecule has 20 heavy (non-hydrogen) atoms. The molecule has 0 aromatic heterocycles. The molecule has 2 aliphatic rings. The standard InChI is InChI=1S/C18H27NS/c1-3-17(12-20-2)19-18-15-8-9-16(18)11-14-7-5-4-6-13(14)10-15/h4-7,15-19H,3,8-12H2,1-2H3. The maximum absolute atomic E-state index is 4.02. The Labute approximate surface area is 127 Å². The van der Waals surface area contributed by atoms with E-state index in [4.69, 9.17) is 0 Å². The molecule has 2 bridgehead atoms. The highest BCUT2D eigenvalue weighted by atomic mass is 32.2. The summed E-state index contributed by atoms with van der Waals surface area (Å²) < 4.78 is 0. The average Bonchev–Trinajstić information content (AvgIpc) is 2.73. The third-order valence-electron chi connectivity index (χ3n) is 5.30. The second-order valence-corrected chi connectivity index (χ2v) is 7.44. The van der Waals surface area contributed by atoms with E-state index in [0.29, 0.717) is 6.04 Å². The lowest BCUT2D eigenvalue weighted by Gasteiger charge is -2.28. The van der Waals surface area contributed by atoms with Gasteiger partial charge in [0.25, 0.3) is 0 Å². The summed E-state index contributed by atoms with van der Waals surface area (Å²) >= 11 is 1.98. The normalized spacial score (nSPS) is 29.8. The van der Waals surface area contributed by atoms with Crippen LogP contribution < -0.4 is 5.32 Å². The summed E-state index contributed by atoms with van der Waals surface area (Å²) in [7, 11) is 0. The van der Waals surface area contributed by atoms with E-state index in [1.165, 1.54) is 37.9 Å². The summed E-state index contributed by atoms with van der Waals surface area (Å²) in [6.07, 6.45) is 8.91. The van der Waals surface area contributed by atoms with Gasteiger partial charge in [0.1, 0.15) is 0 Å². The van der Waals surface area contributed by atoms with Crippen LogP contribution in [0.15, 0.2) is 24.3 Å². The number of hydrogen-bond donors (Lipinski definition) is 1. The van der Waals surface area contributed by atoms with Crippen LogP contribution >= 0.6 is 11.8 Å². The van der Waals surface area contributed by atoms with Crippen LogP contribution in [0, 0.1) is 11.8 Å². The van der Waals surface area contributed by atoms with Crippen molar-refractivity contribution in [1.29, 1.82) is 0 Å². The summed E-state index contributed by atoms with van der Waals surface area (Å²) in [6.45, 7) is 2.32. The SMILES string of the molecule is CCC(CSC)NC1C2CCC1Cc1ccccc1C2. The van der Waals surface area contributed by atoms with Gasteiger partial charge in [0, 0.05) is 17.8 Å². The zero-order chi connectivity index (χ0) is 13.9. The van der Waals surface area contributed by atoms with Gasteiger partial charge in [0.15, 0.2) is 0 Å². The number of benzene rings is 1. The Morgan fingerprint density at radius 3 is 2.25 bits per heavy atom. The van der Waals surface area contributed by atoms with E-state index in [9.17, 15) is 0 Å². The molecule has 1 nitrogen and oxygen atoms in total. The molecule has 110 valence electrons. The van der Waals surface area contributed by atoms with Crippen molar-refractivity contribution >= 4 is 11.8 Å². The summed E-state index contributed by atoms with van der Waals surface area (Å²) in [4.78, 5) is 0. The summed E-state index contributed by atoms with van der Waals surface area (Å²) in [5.41, 5.74) is 3.23. The number of nitrogens with one attached hydrogen (secondary N) is 1. The first-order chi connectivity index (χ1) is 9.81. The molecular weight excluding hydrogens is 262 g/mol. The number of hydrogen-bond acceptors (Lipinski definition) is 2. The maximum Gasteiger partial charge on any atom is 0.0158 e. The molecular formula is C18H27NS. The molecule has 1 saturated carbocycles. The van der Waals surface area contributed by atoms with E-state index in [0.717, 1.165) is 17.9 Å². The quantitative estimate of drug-likeness (QED) is 0.882. The lowest BCUT2D eigenvalue weighted by Crippen LogP contribution is -2.45. The van der Waals surface area contributed by atoms with Gasteiger partial charge >= 0.3 is 0 Å². The molecule has 0 spiro atoms. The molecule has 2 heteroatoms. The molecule has 1 aromatic carbocycles. The second kappa shape index (κ2) is 6.53. The van der Waals surface area contributed by atoms with Crippen LogP contribution in [-0.2, 0) is 12.8 Å². The van der Waals surface area contributed by atoms with Gasteiger partial charge in [0.05, 0.1) is 0 Å². The van der Waals surface area contributed by atoms with Gasteiger partial charge in [-0.1, -0.05) is 31.2 Å². The van der Waals surface area contributed by atoms with Gasteiger partial charge in [-0.15, -0.1) is 0 Å². The lowest BCUT2D eigenvalue weighted by molar-refractivity contribution is 0.311. The second-order valence-electron chi connectivity index (χ2n) is 6.53. The Kier molecular flexibility index (Phi) is 4.72. The van der Waals surface area contributed by atoms with Crippen LogP contribution in [0.4, 0.5) is 0 Å². The highest BCUT2D eigenvalue weighted by Crippen LogP contribution is 2.40. The van der Waals surface area contributed by atoms with Crippen molar-refractivity contribution in [2.75, 3.05) is 12.0 Å². The first-order valence-electron chi connectivity index (χ1n) is 8.13. The maximum atomic E-state index is 4.02. The highest BCUT2D eigenvalue weighted by Gasteiger charge is 2.39. The van der Waals surface area contributed by atoms with Crippen LogP contribution in [0.3, 0.4) is 0 Å². The minimum absolute atomic E-state index is 0.694. The molecule has 0 aliphatic heterocycles. The fraction of sp³-hybridized carbons (Fsp3) is 0.667. The highest BCUT2D eigenvalue weighted by molar-refractivity contribution is 7.98. The first kappa shape index (κ1) is 14.5. The lowest BCUT2D eigenvalue weighted by atomic mass is 9.94.